The first-order valence-corrected chi connectivity index (χ1v) is 8.69. The van der Waals surface area contributed by atoms with Crippen molar-refractivity contribution in [3.8, 4) is 0 Å². The minimum atomic E-state index is -1.23. The number of hydrogen-bond donors (Lipinski definition) is 0. The Kier molecular flexibility index (Phi) is 10.5. The van der Waals surface area contributed by atoms with E-state index >= 15 is 0 Å². The third-order valence-corrected chi connectivity index (χ3v) is 8.41. The zero-order valence-electron chi connectivity index (χ0n) is 14.9. The quantitative estimate of drug-likeness (QED) is 0.451. The summed E-state index contributed by atoms with van der Waals surface area (Å²) in [6, 6.07) is 0. The van der Waals surface area contributed by atoms with Crippen molar-refractivity contribution in [3.63, 3.8) is 0 Å². The van der Waals surface area contributed by atoms with Crippen LogP contribution in [-0.4, -0.2) is 69.0 Å². The standard InChI is InChI=1S/C9H23N2P.C5H12N2/c1-8(2)12(10-5,9(3)4)11(6)7;1-5(6-2)7(3)4/h8-9H,1-7H3;1-4H3. The lowest BCUT2D eigenvalue weighted by molar-refractivity contribution is 0.617. The molecule has 0 rings (SSSR count). The van der Waals surface area contributed by atoms with Crippen LogP contribution in [0.4, 0.5) is 0 Å². The van der Waals surface area contributed by atoms with Crippen LogP contribution in [0.25, 0.3) is 0 Å². The smallest absolute Gasteiger partial charge is 0.0948 e. The van der Waals surface area contributed by atoms with Crippen molar-refractivity contribution < 1.29 is 0 Å². The molecule has 0 fully saturated rings. The number of amidine groups is 1. The van der Waals surface area contributed by atoms with E-state index in [1.807, 2.05) is 33.0 Å². The van der Waals surface area contributed by atoms with Crippen LogP contribution in [0.3, 0.4) is 0 Å². The van der Waals surface area contributed by atoms with Crippen LogP contribution in [0.5, 0.6) is 0 Å². The summed E-state index contributed by atoms with van der Waals surface area (Å²) in [5.41, 5.74) is 1.33. The van der Waals surface area contributed by atoms with E-state index in [-0.39, 0.29) is 0 Å². The molecule has 0 aromatic rings. The molecule has 0 amide bonds. The van der Waals surface area contributed by atoms with E-state index in [0.29, 0.717) is 11.3 Å². The van der Waals surface area contributed by atoms with E-state index in [2.05, 4.69) is 56.2 Å². The molecule has 0 aromatic heterocycles. The van der Waals surface area contributed by atoms with Gasteiger partial charge in [-0.25, -0.2) is 0 Å². The molecule has 0 heterocycles. The monoisotopic (exact) mass is 290 g/mol. The molecule has 0 unspecified atom stereocenters. The van der Waals surface area contributed by atoms with Crippen molar-refractivity contribution in [2.45, 2.75) is 45.9 Å². The third-order valence-electron chi connectivity index (χ3n) is 3.45. The van der Waals surface area contributed by atoms with Gasteiger partial charge in [-0.15, -0.1) is 0 Å². The zero-order chi connectivity index (χ0) is 15.8. The minimum Gasteiger partial charge on any atom is -0.367 e. The lowest BCUT2D eigenvalue weighted by atomic mass is 10.5. The number of hydrogen-bond acceptors (Lipinski definition) is 2. The molecule has 0 aromatic carbocycles. The highest BCUT2D eigenvalue weighted by Crippen LogP contribution is 2.59. The lowest BCUT2D eigenvalue weighted by Gasteiger charge is -2.38. The van der Waals surface area contributed by atoms with Crippen LogP contribution in [-0.2, 0) is 0 Å². The zero-order valence-corrected chi connectivity index (χ0v) is 15.8. The van der Waals surface area contributed by atoms with Crippen LogP contribution >= 0.6 is 7.21 Å². The van der Waals surface area contributed by atoms with Crippen LogP contribution < -0.4 is 0 Å². The molecule has 0 aliphatic rings. The molecule has 0 saturated heterocycles. The van der Waals surface area contributed by atoms with Gasteiger partial charge >= 0.3 is 0 Å². The van der Waals surface area contributed by atoms with Crippen molar-refractivity contribution in [2.24, 2.45) is 9.74 Å². The molecule has 0 radical (unpaired) electrons. The van der Waals surface area contributed by atoms with Gasteiger partial charge in [0.2, 0.25) is 0 Å². The van der Waals surface area contributed by atoms with Crippen molar-refractivity contribution in [1.29, 1.82) is 0 Å². The topological polar surface area (TPSA) is 31.2 Å². The molecule has 0 aliphatic heterocycles. The molecule has 0 atom stereocenters. The Morgan fingerprint density at radius 1 is 0.895 bits per heavy atom. The predicted octanol–water partition coefficient (Wildman–Crippen LogP) is 3.71. The van der Waals surface area contributed by atoms with Gasteiger partial charge in [0, 0.05) is 46.7 Å². The second-order valence-corrected chi connectivity index (χ2v) is 10.3. The van der Waals surface area contributed by atoms with Crippen molar-refractivity contribution in [1.82, 2.24) is 9.57 Å². The Bertz CT molecular complexity index is 289. The number of rotatable bonds is 3. The van der Waals surface area contributed by atoms with Gasteiger partial charge in [-0.2, -0.15) is 0 Å². The van der Waals surface area contributed by atoms with E-state index < -0.39 is 7.21 Å². The largest absolute Gasteiger partial charge is 0.367 e. The summed E-state index contributed by atoms with van der Waals surface area (Å²) in [7, 11) is 10.8. The summed E-state index contributed by atoms with van der Waals surface area (Å²) in [5.74, 6) is 1.06. The van der Waals surface area contributed by atoms with E-state index in [1.54, 1.807) is 7.05 Å². The van der Waals surface area contributed by atoms with Gasteiger partial charge in [-0.05, 0) is 21.0 Å². The van der Waals surface area contributed by atoms with Gasteiger partial charge in [0.05, 0.1) is 5.84 Å². The molecule has 5 heteroatoms. The summed E-state index contributed by atoms with van der Waals surface area (Å²) in [5, 5.41) is 0. The summed E-state index contributed by atoms with van der Waals surface area (Å²) in [6.45, 7) is 11.1. The minimum absolute atomic E-state index is 0.664. The molecule has 116 valence electrons. The van der Waals surface area contributed by atoms with Gasteiger partial charge < -0.3 is 4.90 Å². The highest BCUT2D eigenvalue weighted by molar-refractivity contribution is 7.65. The maximum Gasteiger partial charge on any atom is 0.0948 e. The van der Waals surface area contributed by atoms with Gasteiger partial charge in [0.25, 0.3) is 0 Å². The average molecular weight is 290 g/mol. The van der Waals surface area contributed by atoms with Gasteiger partial charge in [0.15, 0.2) is 0 Å². The fourth-order valence-electron chi connectivity index (χ4n) is 2.36. The van der Waals surface area contributed by atoms with Crippen molar-refractivity contribution in [2.75, 3.05) is 42.3 Å². The molecule has 0 bridgehead atoms. The van der Waals surface area contributed by atoms with Gasteiger partial charge in [-0.1, -0.05) is 27.7 Å². The second-order valence-electron chi connectivity index (χ2n) is 5.60. The molecular weight excluding hydrogens is 255 g/mol. The Hall–Kier alpha value is -0.340. The van der Waals surface area contributed by atoms with Gasteiger partial charge in [0.1, 0.15) is 0 Å². The Balaban J connectivity index is 0. The number of nitrogens with zero attached hydrogens (tertiary/aromatic N) is 4. The van der Waals surface area contributed by atoms with Crippen LogP contribution in [0.2, 0.25) is 0 Å². The fourth-order valence-corrected chi connectivity index (χ4v) is 6.68. The second kappa shape index (κ2) is 9.55. The molecule has 0 spiro atoms. The Morgan fingerprint density at radius 2 is 1.26 bits per heavy atom. The molecule has 19 heavy (non-hydrogen) atoms. The molecule has 0 N–H and O–H groups in total. The normalized spacial score (nSPS) is 12.6. The van der Waals surface area contributed by atoms with E-state index in [0.717, 1.165) is 5.84 Å². The summed E-state index contributed by atoms with van der Waals surface area (Å²) in [6.07, 6.45) is 0. The first-order valence-electron chi connectivity index (χ1n) is 6.86. The third kappa shape index (κ3) is 6.09. The molecule has 4 nitrogen and oxygen atoms in total. The highest BCUT2D eigenvalue weighted by Gasteiger charge is 2.28. The highest BCUT2D eigenvalue weighted by atomic mass is 31.2. The van der Waals surface area contributed by atoms with Crippen LogP contribution in [0.15, 0.2) is 9.74 Å². The maximum absolute atomic E-state index is 4.66. The van der Waals surface area contributed by atoms with Crippen molar-refractivity contribution in [3.05, 3.63) is 0 Å². The van der Waals surface area contributed by atoms with Crippen LogP contribution in [0, 0.1) is 0 Å². The summed E-state index contributed by atoms with van der Waals surface area (Å²) >= 11 is 0. The summed E-state index contributed by atoms with van der Waals surface area (Å²) in [4.78, 5) is 5.90. The maximum atomic E-state index is 4.66. The lowest BCUT2D eigenvalue weighted by Crippen LogP contribution is -2.22. The predicted molar refractivity (Wildman–Crippen MR) is 92.0 cm³/mol. The Morgan fingerprint density at radius 3 is 1.26 bits per heavy atom. The Labute approximate surface area is 121 Å². The number of aliphatic imine (C=N–C) groups is 1. The van der Waals surface area contributed by atoms with Crippen molar-refractivity contribution >= 4 is 13.0 Å². The average Bonchev–Trinajstić information content (AvgIpc) is 2.28. The molecule has 0 aliphatic carbocycles. The molecule has 0 saturated carbocycles. The van der Waals surface area contributed by atoms with E-state index in [4.69, 9.17) is 0 Å². The van der Waals surface area contributed by atoms with Crippen LogP contribution in [0.1, 0.15) is 34.6 Å². The fraction of sp³-hybridized carbons (Fsp3) is 0.929. The summed E-state index contributed by atoms with van der Waals surface area (Å²) < 4.78 is 6.99. The first-order chi connectivity index (χ1) is 8.57. The van der Waals surface area contributed by atoms with E-state index in [1.165, 1.54) is 0 Å². The molecular formula is C14H35N4P. The van der Waals surface area contributed by atoms with Gasteiger partial charge in [-0.3, -0.25) is 14.4 Å². The van der Waals surface area contributed by atoms with E-state index in [9.17, 15) is 0 Å². The first kappa shape index (κ1) is 21.0. The SMILES string of the molecule is CN=C(C)N(C)C.CN=P(C(C)C)(C(C)C)N(C)C.